The topological polar surface area (TPSA) is 59.0 Å². The molecule has 1 N–H and O–H groups in total. The second kappa shape index (κ2) is 8.55. The SMILES string of the molecule is COc1ccc(C(F)(F)F)cc1COc1c(C)cc(CN2CC(C(=O)O)C2)cc1C. The summed E-state index contributed by atoms with van der Waals surface area (Å²) < 4.78 is 50.1. The molecule has 0 spiro atoms. The summed E-state index contributed by atoms with van der Waals surface area (Å²) in [6.45, 7) is 5.41. The fourth-order valence-electron chi connectivity index (χ4n) is 3.69. The average Bonchev–Trinajstić information content (AvgIpc) is 2.62. The number of benzene rings is 2. The molecule has 8 heteroatoms. The second-order valence-electron chi connectivity index (χ2n) is 7.60. The van der Waals surface area contributed by atoms with Crippen LogP contribution in [0.25, 0.3) is 0 Å². The first-order valence-corrected chi connectivity index (χ1v) is 9.50. The van der Waals surface area contributed by atoms with Crippen LogP contribution >= 0.6 is 0 Å². The third-order valence-corrected chi connectivity index (χ3v) is 5.21. The Balaban J connectivity index is 1.71. The third-order valence-electron chi connectivity index (χ3n) is 5.21. The lowest BCUT2D eigenvalue weighted by molar-refractivity contribution is -0.147. The van der Waals surface area contributed by atoms with Gasteiger partial charge in [-0.1, -0.05) is 12.1 Å². The van der Waals surface area contributed by atoms with Gasteiger partial charge in [-0.15, -0.1) is 0 Å². The standard InChI is InChI=1S/C22H24F3NO4/c1-13-6-15(9-26-10-17(11-26)21(27)28)7-14(2)20(13)30-12-16-8-18(22(23,24)25)4-5-19(16)29-3/h4-8,17H,9-12H2,1-3H3,(H,27,28). The van der Waals surface area contributed by atoms with Gasteiger partial charge in [0.25, 0.3) is 0 Å². The van der Waals surface area contributed by atoms with Crippen molar-refractivity contribution >= 4 is 5.97 Å². The highest BCUT2D eigenvalue weighted by molar-refractivity contribution is 5.71. The van der Waals surface area contributed by atoms with Crippen molar-refractivity contribution < 1.29 is 32.5 Å². The monoisotopic (exact) mass is 423 g/mol. The molecule has 30 heavy (non-hydrogen) atoms. The fraction of sp³-hybridized carbons (Fsp3) is 0.409. The van der Waals surface area contributed by atoms with Crippen LogP contribution in [0, 0.1) is 19.8 Å². The van der Waals surface area contributed by atoms with Crippen LogP contribution in [0.4, 0.5) is 13.2 Å². The molecule has 0 saturated carbocycles. The number of hydrogen-bond acceptors (Lipinski definition) is 4. The number of carboxylic acid groups (broad SMARTS) is 1. The molecular formula is C22H24F3NO4. The van der Waals surface area contributed by atoms with E-state index in [9.17, 15) is 18.0 Å². The molecule has 1 aliphatic heterocycles. The summed E-state index contributed by atoms with van der Waals surface area (Å²) in [6, 6.07) is 7.24. The van der Waals surface area contributed by atoms with Crippen molar-refractivity contribution in [1.82, 2.24) is 4.90 Å². The van der Waals surface area contributed by atoms with E-state index in [1.165, 1.54) is 13.2 Å². The second-order valence-corrected chi connectivity index (χ2v) is 7.60. The number of methoxy groups -OCH3 is 1. The summed E-state index contributed by atoms with van der Waals surface area (Å²) in [5.74, 6) is -0.129. The summed E-state index contributed by atoms with van der Waals surface area (Å²) in [5.41, 5.74) is 2.34. The highest BCUT2D eigenvalue weighted by Crippen LogP contribution is 2.34. The summed E-state index contributed by atoms with van der Waals surface area (Å²) in [6.07, 6.45) is -4.44. The Morgan fingerprint density at radius 3 is 2.33 bits per heavy atom. The van der Waals surface area contributed by atoms with Gasteiger partial charge in [0.2, 0.25) is 0 Å². The first-order valence-electron chi connectivity index (χ1n) is 9.50. The van der Waals surface area contributed by atoms with Gasteiger partial charge in [0, 0.05) is 25.2 Å². The molecule has 0 bridgehead atoms. The number of carboxylic acids is 1. The predicted molar refractivity (Wildman–Crippen MR) is 105 cm³/mol. The maximum absolute atomic E-state index is 13.0. The minimum absolute atomic E-state index is 0.0550. The van der Waals surface area contributed by atoms with E-state index in [-0.39, 0.29) is 12.5 Å². The van der Waals surface area contributed by atoms with Crippen LogP contribution in [0.1, 0.15) is 27.8 Å². The van der Waals surface area contributed by atoms with Gasteiger partial charge < -0.3 is 14.6 Å². The van der Waals surface area contributed by atoms with Crippen LogP contribution in [0.3, 0.4) is 0 Å². The molecule has 0 unspecified atom stereocenters. The van der Waals surface area contributed by atoms with E-state index in [1.54, 1.807) is 0 Å². The summed E-state index contributed by atoms with van der Waals surface area (Å²) >= 11 is 0. The van der Waals surface area contributed by atoms with E-state index in [0.29, 0.717) is 36.7 Å². The van der Waals surface area contributed by atoms with E-state index in [2.05, 4.69) is 4.90 Å². The van der Waals surface area contributed by atoms with Gasteiger partial charge in [0.15, 0.2) is 0 Å². The zero-order valence-electron chi connectivity index (χ0n) is 17.0. The Bertz CT molecular complexity index is 913. The quantitative estimate of drug-likeness (QED) is 0.714. The van der Waals surface area contributed by atoms with Crippen LogP contribution in [-0.2, 0) is 24.1 Å². The Morgan fingerprint density at radius 2 is 1.80 bits per heavy atom. The van der Waals surface area contributed by atoms with Gasteiger partial charge in [-0.3, -0.25) is 9.69 Å². The zero-order valence-corrected chi connectivity index (χ0v) is 17.0. The molecule has 3 rings (SSSR count). The maximum Gasteiger partial charge on any atom is 0.416 e. The van der Waals surface area contributed by atoms with Crippen molar-refractivity contribution in [1.29, 1.82) is 0 Å². The van der Waals surface area contributed by atoms with Crippen molar-refractivity contribution in [3.05, 3.63) is 58.1 Å². The maximum atomic E-state index is 13.0. The van der Waals surface area contributed by atoms with E-state index < -0.39 is 17.7 Å². The summed E-state index contributed by atoms with van der Waals surface area (Å²) in [7, 11) is 1.40. The van der Waals surface area contributed by atoms with Crippen LogP contribution in [0.5, 0.6) is 11.5 Å². The lowest BCUT2D eigenvalue weighted by Crippen LogP contribution is -2.49. The molecule has 1 aliphatic rings. The van der Waals surface area contributed by atoms with Gasteiger partial charge in [-0.2, -0.15) is 13.2 Å². The van der Waals surface area contributed by atoms with Crippen molar-refractivity contribution in [3.8, 4) is 11.5 Å². The number of aliphatic carboxylic acids is 1. The number of halogens is 3. The van der Waals surface area contributed by atoms with Crippen molar-refractivity contribution in [2.45, 2.75) is 33.2 Å². The van der Waals surface area contributed by atoms with E-state index in [4.69, 9.17) is 14.6 Å². The number of nitrogens with zero attached hydrogens (tertiary/aromatic N) is 1. The minimum atomic E-state index is -4.44. The van der Waals surface area contributed by atoms with Crippen LogP contribution in [-0.4, -0.2) is 36.2 Å². The Morgan fingerprint density at radius 1 is 1.17 bits per heavy atom. The fourth-order valence-corrected chi connectivity index (χ4v) is 3.69. The predicted octanol–water partition coefficient (Wildman–Crippen LogP) is 4.43. The highest BCUT2D eigenvalue weighted by Gasteiger charge is 2.32. The molecule has 2 aromatic carbocycles. The van der Waals surface area contributed by atoms with E-state index in [1.807, 2.05) is 26.0 Å². The number of carbonyl (C=O) groups is 1. The smallest absolute Gasteiger partial charge is 0.416 e. The first-order chi connectivity index (χ1) is 14.1. The Kier molecular flexibility index (Phi) is 6.26. The lowest BCUT2D eigenvalue weighted by atomic mass is 9.98. The number of rotatable bonds is 7. The number of ether oxygens (including phenoxy) is 2. The summed E-state index contributed by atoms with van der Waals surface area (Å²) in [5, 5.41) is 8.98. The van der Waals surface area contributed by atoms with E-state index >= 15 is 0 Å². The number of hydrogen-bond donors (Lipinski definition) is 1. The summed E-state index contributed by atoms with van der Waals surface area (Å²) in [4.78, 5) is 13.0. The average molecular weight is 423 g/mol. The van der Waals surface area contributed by atoms with Gasteiger partial charge in [-0.25, -0.2) is 0 Å². The molecule has 1 saturated heterocycles. The minimum Gasteiger partial charge on any atom is -0.496 e. The van der Waals surface area contributed by atoms with Crippen LogP contribution in [0.2, 0.25) is 0 Å². The van der Waals surface area contributed by atoms with Gasteiger partial charge in [0.05, 0.1) is 18.6 Å². The molecule has 1 fully saturated rings. The van der Waals surface area contributed by atoms with Gasteiger partial charge in [-0.05, 0) is 48.7 Å². The lowest BCUT2D eigenvalue weighted by Gasteiger charge is -2.36. The third kappa shape index (κ3) is 4.87. The Hall–Kier alpha value is -2.74. The Labute approximate surface area is 173 Å². The van der Waals surface area contributed by atoms with Crippen LogP contribution < -0.4 is 9.47 Å². The molecule has 2 aromatic rings. The molecule has 5 nitrogen and oxygen atoms in total. The molecular weight excluding hydrogens is 399 g/mol. The molecule has 0 atom stereocenters. The van der Waals surface area contributed by atoms with Gasteiger partial charge in [0.1, 0.15) is 18.1 Å². The molecule has 162 valence electrons. The highest BCUT2D eigenvalue weighted by atomic mass is 19.4. The number of aryl methyl sites for hydroxylation is 2. The normalized spacial score (nSPS) is 15.0. The van der Waals surface area contributed by atoms with Crippen LogP contribution in [0.15, 0.2) is 30.3 Å². The molecule has 0 aliphatic carbocycles. The molecule has 0 amide bonds. The van der Waals surface area contributed by atoms with Crippen molar-refractivity contribution in [3.63, 3.8) is 0 Å². The zero-order chi connectivity index (χ0) is 22.1. The van der Waals surface area contributed by atoms with Crippen molar-refractivity contribution in [2.24, 2.45) is 5.92 Å². The molecule has 0 aromatic heterocycles. The first kappa shape index (κ1) is 22.0. The van der Waals surface area contributed by atoms with E-state index in [0.717, 1.165) is 28.8 Å². The largest absolute Gasteiger partial charge is 0.496 e. The number of likely N-dealkylation sites (tertiary alicyclic amines) is 1. The van der Waals surface area contributed by atoms with Crippen molar-refractivity contribution in [2.75, 3.05) is 20.2 Å². The molecule has 1 heterocycles. The van der Waals surface area contributed by atoms with Gasteiger partial charge >= 0.3 is 12.1 Å². The number of alkyl halides is 3. The molecule has 0 radical (unpaired) electrons.